The first-order chi connectivity index (χ1) is 12.5. The highest BCUT2D eigenvalue weighted by Crippen LogP contribution is 2.13. The van der Waals surface area contributed by atoms with Crippen molar-refractivity contribution < 1.29 is 14.7 Å². The molecule has 26 heavy (non-hydrogen) atoms. The molecule has 2 aromatic heterocycles. The SMILES string of the molecule is O=C(CCn1cc(C(=O)O)cn1)Nc1cnn(Cc2cccc(Cl)c2)c1. The van der Waals surface area contributed by atoms with E-state index in [1.807, 2.05) is 18.2 Å². The predicted octanol–water partition coefficient (Wildman–Crippen LogP) is 2.51. The van der Waals surface area contributed by atoms with Crippen molar-refractivity contribution in [1.29, 1.82) is 0 Å². The Kier molecular flexibility index (Phi) is 5.33. The van der Waals surface area contributed by atoms with Crippen LogP contribution in [0.3, 0.4) is 0 Å². The molecule has 134 valence electrons. The van der Waals surface area contributed by atoms with Gasteiger partial charge in [-0.05, 0) is 17.7 Å². The Morgan fingerprint density at radius 2 is 1.96 bits per heavy atom. The third-order valence-electron chi connectivity index (χ3n) is 3.60. The molecule has 1 amide bonds. The Hall–Kier alpha value is -3.13. The number of anilines is 1. The second-order valence-corrected chi connectivity index (χ2v) is 6.09. The lowest BCUT2D eigenvalue weighted by molar-refractivity contribution is -0.116. The van der Waals surface area contributed by atoms with Crippen LogP contribution in [-0.2, 0) is 17.9 Å². The zero-order valence-corrected chi connectivity index (χ0v) is 14.4. The number of aromatic nitrogens is 4. The van der Waals surface area contributed by atoms with Gasteiger partial charge < -0.3 is 10.4 Å². The summed E-state index contributed by atoms with van der Waals surface area (Å²) >= 11 is 5.96. The minimum absolute atomic E-state index is 0.0905. The van der Waals surface area contributed by atoms with Crippen LogP contribution in [0.1, 0.15) is 22.3 Å². The normalized spacial score (nSPS) is 10.7. The molecule has 0 aliphatic heterocycles. The molecule has 2 N–H and O–H groups in total. The van der Waals surface area contributed by atoms with Crippen LogP contribution in [0.15, 0.2) is 49.1 Å². The zero-order valence-electron chi connectivity index (χ0n) is 13.7. The highest BCUT2D eigenvalue weighted by atomic mass is 35.5. The molecule has 3 rings (SSSR count). The fourth-order valence-electron chi connectivity index (χ4n) is 2.37. The monoisotopic (exact) mass is 373 g/mol. The summed E-state index contributed by atoms with van der Waals surface area (Å²) in [5.74, 6) is -1.26. The van der Waals surface area contributed by atoms with Crippen LogP contribution in [0.2, 0.25) is 5.02 Å². The van der Waals surface area contributed by atoms with Crippen molar-refractivity contribution in [1.82, 2.24) is 19.6 Å². The number of carboxylic acids is 1. The highest BCUT2D eigenvalue weighted by molar-refractivity contribution is 6.30. The van der Waals surface area contributed by atoms with E-state index >= 15 is 0 Å². The molecule has 0 bridgehead atoms. The molecule has 0 spiro atoms. The summed E-state index contributed by atoms with van der Waals surface area (Å²) in [5, 5.41) is 20.4. The van der Waals surface area contributed by atoms with Crippen LogP contribution in [0.4, 0.5) is 5.69 Å². The number of nitrogens with one attached hydrogen (secondary N) is 1. The van der Waals surface area contributed by atoms with Gasteiger partial charge in [-0.3, -0.25) is 14.2 Å². The van der Waals surface area contributed by atoms with Crippen molar-refractivity contribution in [2.24, 2.45) is 0 Å². The maximum absolute atomic E-state index is 12.0. The number of hydrogen-bond acceptors (Lipinski definition) is 4. The summed E-state index contributed by atoms with van der Waals surface area (Å²) in [4.78, 5) is 22.8. The van der Waals surface area contributed by atoms with Crippen molar-refractivity contribution in [3.05, 3.63) is 65.2 Å². The predicted molar refractivity (Wildman–Crippen MR) is 95.2 cm³/mol. The van der Waals surface area contributed by atoms with Gasteiger partial charge in [-0.2, -0.15) is 10.2 Å². The van der Waals surface area contributed by atoms with E-state index in [0.717, 1.165) is 5.56 Å². The second kappa shape index (κ2) is 7.83. The van der Waals surface area contributed by atoms with E-state index in [4.69, 9.17) is 16.7 Å². The molecule has 0 aliphatic rings. The van der Waals surface area contributed by atoms with Gasteiger partial charge in [-0.25, -0.2) is 4.79 Å². The van der Waals surface area contributed by atoms with Crippen LogP contribution in [0.25, 0.3) is 0 Å². The molecule has 0 saturated carbocycles. The molecule has 0 radical (unpaired) electrons. The number of carbonyl (C=O) groups is 2. The number of halogens is 1. The summed E-state index contributed by atoms with van der Waals surface area (Å²) < 4.78 is 3.12. The van der Waals surface area contributed by atoms with Crippen LogP contribution in [-0.4, -0.2) is 36.5 Å². The summed E-state index contributed by atoms with van der Waals surface area (Å²) in [5.41, 5.74) is 1.68. The van der Waals surface area contributed by atoms with Crippen molar-refractivity contribution in [2.45, 2.75) is 19.5 Å². The summed E-state index contributed by atoms with van der Waals surface area (Å²) in [6, 6.07) is 7.48. The van der Waals surface area contributed by atoms with E-state index in [-0.39, 0.29) is 24.4 Å². The lowest BCUT2D eigenvalue weighted by Crippen LogP contribution is -2.14. The standard InChI is InChI=1S/C17H16ClN5O3/c18-14-3-1-2-12(6-14)9-23-11-15(8-20-23)21-16(24)4-5-22-10-13(7-19-22)17(25)26/h1-3,6-8,10-11H,4-5,9H2,(H,21,24)(H,25,26). The van der Waals surface area contributed by atoms with Crippen molar-refractivity contribution in [2.75, 3.05) is 5.32 Å². The molecule has 9 heteroatoms. The molecule has 1 aromatic carbocycles. The first-order valence-electron chi connectivity index (χ1n) is 7.82. The van der Waals surface area contributed by atoms with Gasteiger partial charge in [0.25, 0.3) is 0 Å². The fourth-order valence-corrected chi connectivity index (χ4v) is 2.59. The average molecular weight is 374 g/mol. The van der Waals surface area contributed by atoms with E-state index in [1.165, 1.54) is 17.1 Å². The molecule has 0 atom stereocenters. The van der Waals surface area contributed by atoms with Gasteiger partial charge in [-0.1, -0.05) is 23.7 Å². The number of rotatable bonds is 7. The van der Waals surface area contributed by atoms with Gasteiger partial charge in [0.05, 0.1) is 30.2 Å². The molecule has 0 fully saturated rings. The van der Waals surface area contributed by atoms with Gasteiger partial charge in [0, 0.05) is 30.4 Å². The number of carbonyl (C=O) groups excluding carboxylic acids is 1. The number of hydrogen-bond donors (Lipinski definition) is 2. The molecular weight excluding hydrogens is 358 g/mol. The summed E-state index contributed by atoms with van der Waals surface area (Å²) in [6.07, 6.45) is 6.10. The molecular formula is C17H16ClN5O3. The molecule has 8 nitrogen and oxygen atoms in total. The molecule has 0 saturated heterocycles. The molecule has 0 aliphatic carbocycles. The highest BCUT2D eigenvalue weighted by Gasteiger charge is 2.09. The first kappa shape index (κ1) is 17.7. The number of nitrogens with zero attached hydrogens (tertiary/aromatic N) is 4. The average Bonchev–Trinajstić information content (AvgIpc) is 3.23. The van der Waals surface area contributed by atoms with Gasteiger partial charge in [0.15, 0.2) is 0 Å². The van der Waals surface area contributed by atoms with E-state index in [9.17, 15) is 9.59 Å². The van der Waals surface area contributed by atoms with Crippen LogP contribution in [0, 0.1) is 0 Å². The largest absolute Gasteiger partial charge is 0.478 e. The van der Waals surface area contributed by atoms with Crippen LogP contribution < -0.4 is 5.32 Å². The van der Waals surface area contributed by atoms with E-state index in [0.29, 0.717) is 17.3 Å². The van der Waals surface area contributed by atoms with Crippen molar-refractivity contribution in [3.63, 3.8) is 0 Å². The first-order valence-corrected chi connectivity index (χ1v) is 8.20. The maximum atomic E-state index is 12.0. The number of aryl methyl sites for hydroxylation is 1. The Morgan fingerprint density at radius 3 is 2.69 bits per heavy atom. The van der Waals surface area contributed by atoms with E-state index in [2.05, 4.69) is 15.5 Å². The van der Waals surface area contributed by atoms with Gasteiger partial charge in [0.2, 0.25) is 5.91 Å². The van der Waals surface area contributed by atoms with Crippen molar-refractivity contribution in [3.8, 4) is 0 Å². The van der Waals surface area contributed by atoms with Gasteiger partial charge >= 0.3 is 5.97 Å². The third kappa shape index (κ3) is 4.70. The van der Waals surface area contributed by atoms with Crippen LogP contribution >= 0.6 is 11.6 Å². The summed E-state index contributed by atoms with van der Waals surface area (Å²) in [7, 11) is 0. The minimum Gasteiger partial charge on any atom is -0.478 e. The maximum Gasteiger partial charge on any atom is 0.338 e. The van der Waals surface area contributed by atoms with E-state index < -0.39 is 5.97 Å². The Morgan fingerprint density at radius 1 is 1.15 bits per heavy atom. The van der Waals surface area contributed by atoms with Gasteiger partial charge in [0.1, 0.15) is 0 Å². The lowest BCUT2D eigenvalue weighted by Gasteiger charge is -2.03. The second-order valence-electron chi connectivity index (χ2n) is 5.65. The number of benzene rings is 1. The lowest BCUT2D eigenvalue weighted by atomic mass is 10.2. The number of carboxylic acid groups (broad SMARTS) is 1. The number of aromatic carboxylic acids is 1. The number of amides is 1. The Labute approximate surface area is 154 Å². The summed E-state index contributed by atoms with van der Waals surface area (Å²) in [6.45, 7) is 0.831. The zero-order chi connectivity index (χ0) is 18.5. The molecule has 3 aromatic rings. The molecule has 2 heterocycles. The Balaban J connectivity index is 1.51. The molecule has 0 unspecified atom stereocenters. The van der Waals surface area contributed by atoms with E-state index in [1.54, 1.807) is 23.1 Å². The Bertz CT molecular complexity index is 934. The fraction of sp³-hybridized carbons (Fsp3) is 0.176. The topological polar surface area (TPSA) is 102 Å². The van der Waals surface area contributed by atoms with Crippen molar-refractivity contribution >= 4 is 29.2 Å². The minimum atomic E-state index is -1.05. The van der Waals surface area contributed by atoms with Gasteiger partial charge in [-0.15, -0.1) is 0 Å². The van der Waals surface area contributed by atoms with Crippen LogP contribution in [0.5, 0.6) is 0 Å². The third-order valence-corrected chi connectivity index (χ3v) is 3.83. The quantitative estimate of drug-likeness (QED) is 0.662. The smallest absolute Gasteiger partial charge is 0.338 e.